The van der Waals surface area contributed by atoms with E-state index in [-0.39, 0.29) is 0 Å². The Hall–Kier alpha value is -0.980. The zero-order valence-electron chi connectivity index (χ0n) is 15.6. The molecule has 0 saturated carbocycles. The van der Waals surface area contributed by atoms with Crippen molar-refractivity contribution in [2.45, 2.75) is 104 Å². The van der Waals surface area contributed by atoms with Crippen LogP contribution in [0.1, 0.15) is 102 Å². The molecule has 0 aliphatic carbocycles. The predicted octanol–water partition coefficient (Wildman–Crippen LogP) is 7.20. The summed E-state index contributed by atoms with van der Waals surface area (Å²) in [6.07, 6.45) is 18.4. The number of aryl methyl sites for hydroxylation is 2. The van der Waals surface area contributed by atoms with Crippen molar-refractivity contribution in [3.63, 3.8) is 0 Å². The first-order valence-corrected chi connectivity index (χ1v) is 10.1. The highest BCUT2D eigenvalue weighted by molar-refractivity contribution is 5.36. The van der Waals surface area contributed by atoms with Gasteiger partial charge in [0, 0.05) is 0 Å². The highest BCUT2D eigenvalue weighted by Crippen LogP contribution is 2.22. The minimum absolute atomic E-state index is 0.477. The lowest BCUT2D eigenvalue weighted by Crippen LogP contribution is -1.91. The molecule has 0 atom stereocenters. The van der Waals surface area contributed by atoms with Crippen LogP contribution in [0.4, 0.5) is 0 Å². The van der Waals surface area contributed by atoms with Crippen LogP contribution in [0.3, 0.4) is 0 Å². The van der Waals surface area contributed by atoms with Crippen LogP contribution < -0.4 is 0 Å². The van der Waals surface area contributed by atoms with Gasteiger partial charge in [-0.15, -0.1) is 0 Å². The van der Waals surface area contributed by atoms with Crippen molar-refractivity contribution >= 4 is 0 Å². The number of unbranched alkanes of at least 4 members (excludes halogenated alkanes) is 10. The summed E-state index contributed by atoms with van der Waals surface area (Å²) in [5.41, 5.74) is 2.53. The van der Waals surface area contributed by atoms with Gasteiger partial charge in [0.05, 0.1) is 0 Å². The summed E-state index contributed by atoms with van der Waals surface area (Å²) >= 11 is 0. The lowest BCUT2D eigenvalue weighted by Gasteiger charge is -2.08. The molecule has 1 nitrogen and oxygen atoms in total. The summed E-state index contributed by atoms with van der Waals surface area (Å²) in [5.74, 6) is 0.477. The molecule has 0 bridgehead atoms. The van der Waals surface area contributed by atoms with Crippen LogP contribution in [0.25, 0.3) is 0 Å². The van der Waals surface area contributed by atoms with Crippen LogP contribution in [-0.2, 0) is 12.8 Å². The topological polar surface area (TPSA) is 20.2 Å². The summed E-state index contributed by atoms with van der Waals surface area (Å²) in [6, 6.07) is 6.20. The zero-order valence-corrected chi connectivity index (χ0v) is 15.6. The van der Waals surface area contributed by atoms with Gasteiger partial charge in [-0.25, -0.2) is 0 Å². The highest BCUT2D eigenvalue weighted by Gasteiger charge is 2.03. The van der Waals surface area contributed by atoms with Crippen molar-refractivity contribution in [3.8, 4) is 5.75 Å². The number of phenolic OH excluding ortho intramolecular Hbond substituents is 1. The van der Waals surface area contributed by atoms with E-state index in [9.17, 15) is 5.11 Å². The van der Waals surface area contributed by atoms with Gasteiger partial charge >= 0.3 is 0 Å². The fraction of sp³-hybridized carbons (Fsp3) is 0.727. The summed E-state index contributed by atoms with van der Waals surface area (Å²) < 4.78 is 0. The van der Waals surface area contributed by atoms with Crippen molar-refractivity contribution < 1.29 is 5.11 Å². The number of hydrogen-bond acceptors (Lipinski definition) is 1. The number of rotatable bonds is 14. The first kappa shape index (κ1) is 20.1. The van der Waals surface area contributed by atoms with Gasteiger partial charge in [-0.2, -0.15) is 0 Å². The molecule has 1 aromatic rings. The first-order chi connectivity index (χ1) is 11.3. The molecule has 0 heterocycles. The molecule has 1 rings (SSSR count). The molecule has 0 aliphatic rings. The Morgan fingerprint density at radius 2 is 1.22 bits per heavy atom. The van der Waals surface area contributed by atoms with Gasteiger partial charge in [0.1, 0.15) is 5.75 Å². The molecule has 132 valence electrons. The van der Waals surface area contributed by atoms with Crippen LogP contribution in [0.15, 0.2) is 18.2 Å². The molecule has 1 aromatic carbocycles. The Balaban J connectivity index is 2.09. The van der Waals surface area contributed by atoms with Crippen molar-refractivity contribution in [2.24, 2.45) is 0 Å². The Morgan fingerprint density at radius 3 is 1.83 bits per heavy atom. The molecule has 0 fully saturated rings. The Kier molecular flexibility index (Phi) is 11.7. The van der Waals surface area contributed by atoms with E-state index in [4.69, 9.17) is 0 Å². The van der Waals surface area contributed by atoms with Crippen molar-refractivity contribution in [2.75, 3.05) is 0 Å². The zero-order chi connectivity index (χ0) is 16.8. The Morgan fingerprint density at radius 1 is 0.652 bits per heavy atom. The van der Waals surface area contributed by atoms with E-state index < -0.39 is 0 Å². The van der Waals surface area contributed by atoms with Gasteiger partial charge in [0.2, 0.25) is 0 Å². The summed E-state index contributed by atoms with van der Waals surface area (Å²) in [5, 5.41) is 9.91. The van der Waals surface area contributed by atoms with Crippen molar-refractivity contribution in [1.82, 2.24) is 0 Å². The molecule has 23 heavy (non-hydrogen) atoms. The third-order valence-electron chi connectivity index (χ3n) is 4.76. The Labute approximate surface area is 144 Å². The molecule has 1 heteroatoms. The number of benzene rings is 1. The van der Waals surface area contributed by atoms with Gasteiger partial charge in [-0.3, -0.25) is 0 Å². The molecule has 0 radical (unpaired) electrons. The maximum absolute atomic E-state index is 9.91. The number of aromatic hydroxyl groups is 1. The molecular weight excluding hydrogens is 280 g/mol. The van der Waals surface area contributed by atoms with Gasteiger partial charge in [-0.1, -0.05) is 90.2 Å². The van der Waals surface area contributed by atoms with E-state index in [0.29, 0.717) is 5.75 Å². The molecule has 0 amide bonds. The van der Waals surface area contributed by atoms with Gasteiger partial charge in [0.15, 0.2) is 0 Å². The van der Waals surface area contributed by atoms with Crippen molar-refractivity contribution in [1.29, 1.82) is 0 Å². The molecule has 0 saturated heterocycles. The second kappa shape index (κ2) is 13.5. The SMILES string of the molecule is CCCCCCCCCCCCc1ccc(O)c(CCCC)c1. The van der Waals surface area contributed by atoms with E-state index in [1.165, 1.54) is 76.2 Å². The van der Waals surface area contributed by atoms with Gasteiger partial charge in [0.25, 0.3) is 0 Å². The predicted molar refractivity (Wildman–Crippen MR) is 102 cm³/mol. The van der Waals surface area contributed by atoms with E-state index in [1.54, 1.807) is 0 Å². The van der Waals surface area contributed by atoms with Gasteiger partial charge in [-0.05, 0) is 42.9 Å². The average Bonchev–Trinajstić information content (AvgIpc) is 2.56. The van der Waals surface area contributed by atoms with Crippen LogP contribution >= 0.6 is 0 Å². The molecular formula is C22H38O. The summed E-state index contributed by atoms with van der Waals surface area (Å²) in [7, 11) is 0. The molecule has 0 aliphatic heterocycles. The lowest BCUT2D eigenvalue weighted by atomic mass is 10.00. The highest BCUT2D eigenvalue weighted by atomic mass is 16.3. The first-order valence-electron chi connectivity index (χ1n) is 10.1. The summed E-state index contributed by atoms with van der Waals surface area (Å²) in [6.45, 7) is 4.48. The number of hydrogen-bond donors (Lipinski definition) is 1. The Bertz CT molecular complexity index is 397. The largest absolute Gasteiger partial charge is 0.508 e. The van der Waals surface area contributed by atoms with E-state index in [1.807, 2.05) is 6.07 Å². The lowest BCUT2D eigenvalue weighted by molar-refractivity contribution is 0.466. The maximum atomic E-state index is 9.91. The van der Waals surface area contributed by atoms with Crippen LogP contribution in [0.5, 0.6) is 5.75 Å². The van der Waals surface area contributed by atoms with E-state index in [2.05, 4.69) is 26.0 Å². The van der Waals surface area contributed by atoms with Crippen LogP contribution in [0, 0.1) is 0 Å². The van der Waals surface area contributed by atoms with Crippen molar-refractivity contribution in [3.05, 3.63) is 29.3 Å². The summed E-state index contributed by atoms with van der Waals surface area (Å²) in [4.78, 5) is 0. The fourth-order valence-corrected chi connectivity index (χ4v) is 3.18. The molecule has 1 N–H and O–H groups in total. The van der Waals surface area contributed by atoms with Gasteiger partial charge < -0.3 is 5.11 Å². The quantitative estimate of drug-likeness (QED) is 0.360. The van der Waals surface area contributed by atoms with Crippen LogP contribution in [0.2, 0.25) is 0 Å². The monoisotopic (exact) mass is 318 g/mol. The molecule has 0 spiro atoms. The fourth-order valence-electron chi connectivity index (χ4n) is 3.18. The normalized spacial score (nSPS) is 11.0. The van der Waals surface area contributed by atoms with E-state index >= 15 is 0 Å². The smallest absolute Gasteiger partial charge is 0.118 e. The second-order valence-electron chi connectivity index (χ2n) is 7.00. The average molecular weight is 319 g/mol. The third kappa shape index (κ3) is 9.69. The maximum Gasteiger partial charge on any atom is 0.118 e. The second-order valence-corrected chi connectivity index (χ2v) is 7.00. The standard InChI is InChI=1S/C22H38O/c1-3-5-7-8-9-10-11-12-13-14-15-20-17-18-22(23)21(19-20)16-6-4-2/h17-19,23H,3-16H2,1-2H3. The van der Waals surface area contributed by atoms with E-state index in [0.717, 1.165) is 24.8 Å². The number of phenols is 1. The van der Waals surface area contributed by atoms with Crippen LogP contribution in [-0.4, -0.2) is 5.11 Å². The minimum Gasteiger partial charge on any atom is -0.508 e. The minimum atomic E-state index is 0.477. The third-order valence-corrected chi connectivity index (χ3v) is 4.76. The molecule has 0 aromatic heterocycles. The molecule has 0 unspecified atom stereocenters.